The third kappa shape index (κ3) is 5.70. The van der Waals surface area contributed by atoms with E-state index in [2.05, 4.69) is 11.6 Å². The maximum atomic E-state index is 11.7. The van der Waals surface area contributed by atoms with E-state index in [-0.39, 0.29) is 0 Å². The molecule has 0 radical (unpaired) electrons. The van der Waals surface area contributed by atoms with Crippen LogP contribution in [0.5, 0.6) is 0 Å². The number of hydroxylamine groups is 2. The molecule has 7 heteroatoms. The van der Waals surface area contributed by atoms with Crippen LogP contribution in [-0.4, -0.2) is 49.6 Å². The first-order valence-electron chi connectivity index (χ1n) is 8.47. The summed E-state index contributed by atoms with van der Waals surface area (Å²) in [5.41, 5.74) is 1.78. The largest absolute Gasteiger partial charge is 0.473 e. The Morgan fingerprint density at radius 2 is 2.12 bits per heavy atom. The highest BCUT2D eigenvalue weighted by Gasteiger charge is 2.35. The number of hydrogen-bond donors (Lipinski definition) is 0. The summed E-state index contributed by atoms with van der Waals surface area (Å²) < 4.78 is 10.1. The highest BCUT2D eigenvalue weighted by molar-refractivity contribution is 5.80. The average Bonchev–Trinajstić information content (AvgIpc) is 3.17. The van der Waals surface area contributed by atoms with Gasteiger partial charge in [0.2, 0.25) is 6.41 Å². The fraction of sp³-hybridized carbons (Fsp3) is 0.421. The van der Waals surface area contributed by atoms with Gasteiger partial charge in [0.1, 0.15) is 6.61 Å². The average molecular weight is 360 g/mol. The first-order valence-corrected chi connectivity index (χ1v) is 8.47. The van der Waals surface area contributed by atoms with Crippen molar-refractivity contribution in [3.8, 4) is 0 Å². The van der Waals surface area contributed by atoms with E-state index in [4.69, 9.17) is 14.3 Å². The zero-order chi connectivity index (χ0) is 18.8. The summed E-state index contributed by atoms with van der Waals surface area (Å²) >= 11 is 0. The number of carbonyl (C=O) groups excluding carboxylic acids is 2. The smallest absolute Gasteiger partial charge is 0.334 e. The molecule has 2 rings (SSSR count). The molecule has 0 aliphatic carbocycles. The van der Waals surface area contributed by atoms with E-state index in [1.807, 2.05) is 30.3 Å². The molecule has 1 aliphatic rings. The summed E-state index contributed by atoms with van der Waals surface area (Å²) in [6.45, 7) is 4.82. The van der Waals surface area contributed by atoms with Gasteiger partial charge in [-0.05, 0) is 30.4 Å². The summed E-state index contributed by atoms with van der Waals surface area (Å²) in [6.07, 6.45) is 3.64. The van der Waals surface area contributed by atoms with Crippen LogP contribution >= 0.6 is 0 Å². The van der Waals surface area contributed by atoms with Gasteiger partial charge in [-0.25, -0.2) is 14.9 Å². The highest BCUT2D eigenvalue weighted by Crippen LogP contribution is 2.22. The third-order valence-electron chi connectivity index (χ3n) is 4.04. The van der Waals surface area contributed by atoms with Crippen molar-refractivity contribution in [2.24, 2.45) is 4.99 Å². The predicted molar refractivity (Wildman–Crippen MR) is 96.2 cm³/mol. The molecule has 2 unspecified atom stereocenters. The number of nitrogens with zero attached hydrogens (tertiary/aromatic N) is 2. The summed E-state index contributed by atoms with van der Waals surface area (Å²) in [6, 6.07) is 8.96. The molecular weight excluding hydrogens is 336 g/mol. The van der Waals surface area contributed by atoms with Crippen molar-refractivity contribution in [1.82, 2.24) is 5.06 Å². The van der Waals surface area contributed by atoms with Gasteiger partial charge in [0, 0.05) is 6.54 Å². The molecule has 1 aliphatic heterocycles. The van der Waals surface area contributed by atoms with Crippen LogP contribution in [-0.2, 0) is 30.5 Å². The highest BCUT2D eigenvalue weighted by atomic mass is 16.7. The Morgan fingerprint density at radius 1 is 1.35 bits per heavy atom. The van der Waals surface area contributed by atoms with Crippen molar-refractivity contribution < 1.29 is 23.9 Å². The van der Waals surface area contributed by atoms with Crippen LogP contribution in [0.1, 0.15) is 24.8 Å². The molecule has 0 bridgehead atoms. The van der Waals surface area contributed by atoms with Crippen LogP contribution < -0.4 is 0 Å². The van der Waals surface area contributed by atoms with Gasteiger partial charge in [-0.2, -0.15) is 0 Å². The molecule has 140 valence electrons. The minimum absolute atomic E-state index is 0.348. The molecule has 26 heavy (non-hydrogen) atoms. The lowest BCUT2D eigenvalue weighted by Crippen LogP contribution is -2.32. The monoisotopic (exact) mass is 360 g/mol. The maximum absolute atomic E-state index is 11.7. The van der Waals surface area contributed by atoms with Crippen LogP contribution in [0, 0.1) is 0 Å². The number of benzene rings is 1. The van der Waals surface area contributed by atoms with Gasteiger partial charge in [0.15, 0.2) is 18.5 Å². The Labute approximate surface area is 153 Å². The molecule has 0 N–H and O–H groups in total. The summed E-state index contributed by atoms with van der Waals surface area (Å²) in [7, 11) is 1.32. The summed E-state index contributed by atoms with van der Waals surface area (Å²) in [5.74, 6) is -0.439. The predicted octanol–water partition coefficient (Wildman–Crippen LogP) is 2.27. The van der Waals surface area contributed by atoms with Crippen molar-refractivity contribution in [2.75, 3.05) is 13.7 Å². The van der Waals surface area contributed by atoms with Crippen molar-refractivity contribution in [2.45, 2.75) is 38.0 Å². The molecular formula is C19H24N2O5. The van der Waals surface area contributed by atoms with Crippen LogP contribution in [0.25, 0.3) is 0 Å². The fourth-order valence-electron chi connectivity index (χ4n) is 2.58. The number of unbranched alkanes of at least 4 members (excludes halogenated alkanes) is 1. The van der Waals surface area contributed by atoms with Crippen LogP contribution in [0.4, 0.5) is 0 Å². The number of carbonyl (C=O) groups is 2. The maximum Gasteiger partial charge on any atom is 0.334 e. The van der Waals surface area contributed by atoms with E-state index in [1.54, 1.807) is 0 Å². The molecule has 0 saturated carbocycles. The number of hydrogen-bond acceptors (Lipinski definition) is 6. The van der Waals surface area contributed by atoms with Crippen molar-refractivity contribution >= 4 is 18.8 Å². The van der Waals surface area contributed by atoms with E-state index in [9.17, 15) is 9.59 Å². The SMILES string of the molecule is C=C(CCCCN(C=O)OCc1ccccc1)C1OC=NC1C(=O)OC. The van der Waals surface area contributed by atoms with Crippen molar-refractivity contribution in [3.05, 3.63) is 48.0 Å². The van der Waals surface area contributed by atoms with E-state index in [1.165, 1.54) is 18.6 Å². The standard InChI is InChI=1S/C19H24N2O5/c1-15(18-17(19(23)24-2)20-13-25-18)8-6-7-11-21(14-22)26-12-16-9-4-3-5-10-16/h3-5,9-10,13-14,17-18H,1,6-8,11-12H2,2H3. The van der Waals surface area contributed by atoms with Crippen LogP contribution in [0.2, 0.25) is 0 Å². The second-order valence-electron chi connectivity index (χ2n) is 5.90. The molecule has 1 heterocycles. The third-order valence-corrected chi connectivity index (χ3v) is 4.04. The summed E-state index contributed by atoms with van der Waals surface area (Å²) in [4.78, 5) is 32.2. The molecule has 7 nitrogen and oxygen atoms in total. The van der Waals surface area contributed by atoms with Gasteiger partial charge in [-0.15, -0.1) is 0 Å². The van der Waals surface area contributed by atoms with Crippen LogP contribution in [0.15, 0.2) is 47.5 Å². The molecule has 0 aromatic heterocycles. The molecule has 0 spiro atoms. The molecule has 2 atom stereocenters. The van der Waals surface area contributed by atoms with Crippen molar-refractivity contribution in [3.63, 3.8) is 0 Å². The first-order chi connectivity index (χ1) is 12.7. The number of amides is 1. The zero-order valence-corrected chi connectivity index (χ0v) is 14.9. The van der Waals surface area contributed by atoms with E-state index >= 15 is 0 Å². The van der Waals surface area contributed by atoms with E-state index < -0.39 is 18.1 Å². The minimum atomic E-state index is -0.687. The lowest BCUT2D eigenvalue weighted by atomic mass is 9.99. The quantitative estimate of drug-likeness (QED) is 0.199. The van der Waals surface area contributed by atoms with Gasteiger partial charge < -0.3 is 9.47 Å². The van der Waals surface area contributed by atoms with Gasteiger partial charge in [-0.3, -0.25) is 9.63 Å². The number of ether oxygens (including phenoxy) is 2. The normalized spacial score (nSPS) is 18.2. The van der Waals surface area contributed by atoms with Gasteiger partial charge in [0.05, 0.1) is 7.11 Å². The second kappa shape index (κ2) is 10.4. The van der Waals surface area contributed by atoms with Gasteiger partial charge in [-0.1, -0.05) is 36.9 Å². The van der Waals surface area contributed by atoms with Gasteiger partial charge >= 0.3 is 5.97 Å². The van der Waals surface area contributed by atoms with E-state index in [0.717, 1.165) is 24.0 Å². The van der Waals surface area contributed by atoms with Crippen molar-refractivity contribution in [1.29, 1.82) is 0 Å². The molecule has 1 aromatic rings. The minimum Gasteiger partial charge on any atom is -0.473 e. The topological polar surface area (TPSA) is 77.4 Å². The fourth-order valence-corrected chi connectivity index (χ4v) is 2.58. The Bertz CT molecular complexity index is 632. The lowest BCUT2D eigenvalue weighted by Gasteiger charge is -2.19. The zero-order valence-electron chi connectivity index (χ0n) is 14.9. The molecule has 1 amide bonds. The Balaban J connectivity index is 1.67. The van der Waals surface area contributed by atoms with Gasteiger partial charge in [0.25, 0.3) is 0 Å². The Hall–Kier alpha value is -2.67. The second-order valence-corrected chi connectivity index (χ2v) is 5.90. The Morgan fingerprint density at radius 3 is 2.81 bits per heavy atom. The molecule has 0 fully saturated rings. The van der Waals surface area contributed by atoms with Crippen LogP contribution in [0.3, 0.4) is 0 Å². The molecule has 0 saturated heterocycles. The summed E-state index contributed by atoms with van der Waals surface area (Å²) in [5, 5.41) is 1.29. The Kier molecular flexibility index (Phi) is 7.82. The number of rotatable bonds is 11. The first kappa shape index (κ1) is 19.7. The number of methoxy groups -OCH3 is 1. The number of aliphatic imine (C=N–C) groups is 1. The molecule has 1 aromatic carbocycles. The lowest BCUT2D eigenvalue weighted by molar-refractivity contribution is -0.177. The number of esters is 1. The van der Waals surface area contributed by atoms with E-state index in [0.29, 0.717) is 26.0 Å².